The van der Waals surface area contributed by atoms with Crippen LogP contribution in [0.4, 0.5) is 0 Å². The molecule has 0 radical (unpaired) electrons. The third-order valence-electron chi connectivity index (χ3n) is 6.21. The monoisotopic (exact) mass is 528 g/mol. The van der Waals surface area contributed by atoms with Crippen LogP contribution in [0.3, 0.4) is 0 Å². The summed E-state index contributed by atoms with van der Waals surface area (Å²) >= 11 is 0. The van der Waals surface area contributed by atoms with Crippen LogP contribution in [0.25, 0.3) is 0 Å². The van der Waals surface area contributed by atoms with Crippen molar-refractivity contribution in [2.75, 3.05) is 6.61 Å². The molecule has 4 aromatic carbocycles. The lowest BCUT2D eigenvalue weighted by Crippen LogP contribution is -2.49. The normalized spacial score (nSPS) is 12.2. The van der Waals surface area contributed by atoms with Gasteiger partial charge in [-0.3, -0.25) is 4.79 Å². The minimum absolute atomic E-state index is 0.0759. The van der Waals surface area contributed by atoms with Gasteiger partial charge in [0.25, 0.3) is 0 Å². The summed E-state index contributed by atoms with van der Waals surface area (Å²) in [6, 6.07) is 31.8. The summed E-state index contributed by atoms with van der Waals surface area (Å²) in [6.07, 6.45) is 0.193. The molecule has 0 fully saturated rings. The molecule has 0 bridgehead atoms. The Kier molecular flexibility index (Phi) is 8.94. The molecule has 0 aliphatic heterocycles. The Morgan fingerprint density at radius 3 is 1.89 bits per heavy atom. The number of carbonyl (C=O) groups is 1. The highest BCUT2D eigenvalue weighted by atomic mass is 32.2. The van der Waals surface area contributed by atoms with E-state index < -0.39 is 28.0 Å². The first kappa shape index (κ1) is 27.1. The van der Waals surface area contributed by atoms with Gasteiger partial charge in [0.15, 0.2) is 0 Å². The Labute approximate surface area is 224 Å². The van der Waals surface area contributed by atoms with E-state index >= 15 is 0 Å². The number of hydrogen-bond donors (Lipinski definition) is 2. The van der Waals surface area contributed by atoms with Crippen LogP contribution in [0.5, 0.6) is 5.75 Å². The first-order valence-electron chi connectivity index (χ1n) is 12.6. The van der Waals surface area contributed by atoms with Gasteiger partial charge in [-0.25, -0.2) is 8.42 Å². The van der Waals surface area contributed by atoms with Crippen LogP contribution in [0.15, 0.2) is 114 Å². The maximum Gasteiger partial charge on any atom is 0.241 e. The number of sulfonamides is 1. The molecule has 2 N–H and O–H groups in total. The van der Waals surface area contributed by atoms with Crippen molar-refractivity contribution in [3.05, 3.63) is 131 Å². The number of hydrogen-bond acceptors (Lipinski definition) is 4. The van der Waals surface area contributed by atoms with Gasteiger partial charge in [-0.2, -0.15) is 4.72 Å². The second-order valence-electron chi connectivity index (χ2n) is 8.99. The van der Waals surface area contributed by atoms with Gasteiger partial charge in [-0.15, -0.1) is 0 Å². The topological polar surface area (TPSA) is 84.5 Å². The zero-order valence-corrected chi connectivity index (χ0v) is 22.3. The second kappa shape index (κ2) is 12.5. The van der Waals surface area contributed by atoms with Gasteiger partial charge in [0.1, 0.15) is 11.8 Å². The van der Waals surface area contributed by atoms with E-state index in [1.54, 1.807) is 19.1 Å². The molecule has 7 heteroatoms. The highest BCUT2D eigenvalue weighted by molar-refractivity contribution is 7.89. The van der Waals surface area contributed by atoms with Crippen molar-refractivity contribution in [2.45, 2.75) is 37.2 Å². The Bertz CT molecular complexity index is 1400. The van der Waals surface area contributed by atoms with Gasteiger partial charge >= 0.3 is 0 Å². The highest BCUT2D eigenvalue weighted by Gasteiger charge is 2.29. The lowest BCUT2D eigenvalue weighted by Gasteiger charge is -2.24. The van der Waals surface area contributed by atoms with Gasteiger partial charge in [0.2, 0.25) is 15.9 Å². The molecule has 0 aliphatic carbocycles. The molecule has 1 atom stereocenters. The molecular formula is C31H32N2O4S. The quantitative estimate of drug-likeness (QED) is 0.281. The summed E-state index contributed by atoms with van der Waals surface area (Å²) in [5.74, 6) is 0.205. The van der Waals surface area contributed by atoms with Crippen LogP contribution in [0.2, 0.25) is 0 Å². The van der Waals surface area contributed by atoms with E-state index in [1.807, 2.05) is 97.9 Å². The third kappa shape index (κ3) is 6.88. The first-order valence-corrected chi connectivity index (χ1v) is 14.1. The summed E-state index contributed by atoms with van der Waals surface area (Å²) in [5, 5.41) is 3.10. The molecule has 4 rings (SSSR count). The van der Waals surface area contributed by atoms with Crippen LogP contribution in [-0.2, 0) is 21.2 Å². The van der Waals surface area contributed by atoms with Gasteiger partial charge in [-0.1, -0.05) is 91.0 Å². The predicted octanol–water partition coefficient (Wildman–Crippen LogP) is 5.19. The van der Waals surface area contributed by atoms with Crippen LogP contribution in [0.1, 0.15) is 35.2 Å². The SMILES string of the molecule is CCOc1ccc(S(=O)(=O)NC(Cc2ccccc2)C(=O)NC(c2ccccc2)c2ccccc2)cc1C. The molecule has 0 spiro atoms. The minimum Gasteiger partial charge on any atom is -0.494 e. The molecule has 38 heavy (non-hydrogen) atoms. The largest absolute Gasteiger partial charge is 0.494 e. The molecule has 0 saturated carbocycles. The number of ether oxygens (including phenoxy) is 1. The second-order valence-corrected chi connectivity index (χ2v) is 10.7. The molecule has 6 nitrogen and oxygen atoms in total. The fourth-order valence-electron chi connectivity index (χ4n) is 4.29. The van der Waals surface area contributed by atoms with Crippen LogP contribution in [-0.4, -0.2) is 27.0 Å². The summed E-state index contributed by atoms with van der Waals surface area (Å²) in [6.45, 7) is 4.15. The van der Waals surface area contributed by atoms with Gasteiger partial charge in [0.05, 0.1) is 17.5 Å². The Morgan fingerprint density at radius 2 is 1.37 bits per heavy atom. The van der Waals surface area contributed by atoms with Gasteiger partial charge in [-0.05, 0) is 60.7 Å². The van der Waals surface area contributed by atoms with E-state index in [1.165, 1.54) is 6.07 Å². The van der Waals surface area contributed by atoms with E-state index in [0.717, 1.165) is 16.7 Å². The molecule has 0 aromatic heterocycles. The zero-order valence-electron chi connectivity index (χ0n) is 21.5. The molecule has 1 amide bonds. The zero-order chi connectivity index (χ0) is 27.0. The Morgan fingerprint density at radius 1 is 0.816 bits per heavy atom. The summed E-state index contributed by atoms with van der Waals surface area (Å²) < 4.78 is 35.1. The van der Waals surface area contributed by atoms with Crippen molar-refractivity contribution in [3.8, 4) is 5.75 Å². The van der Waals surface area contributed by atoms with E-state index in [-0.39, 0.29) is 11.3 Å². The maximum absolute atomic E-state index is 13.8. The molecular weight excluding hydrogens is 496 g/mol. The Hall–Kier alpha value is -3.94. The summed E-state index contributed by atoms with van der Waals surface area (Å²) in [4.78, 5) is 13.8. The molecule has 1 unspecified atom stereocenters. The number of nitrogens with one attached hydrogen (secondary N) is 2. The van der Waals surface area contributed by atoms with Gasteiger partial charge in [0, 0.05) is 0 Å². The van der Waals surface area contributed by atoms with E-state index in [4.69, 9.17) is 4.74 Å². The van der Waals surface area contributed by atoms with Crippen molar-refractivity contribution in [3.63, 3.8) is 0 Å². The van der Waals surface area contributed by atoms with Crippen molar-refractivity contribution in [1.82, 2.24) is 10.0 Å². The number of amides is 1. The summed E-state index contributed by atoms with van der Waals surface area (Å²) in [7, 11) is -4.01. The molecule has 4 aromatic rings. The van der Waals surface area contributed by atoms with Crippen LogP contribution < -0.4 is 14.8 Å². The average Bonchev–Trinajstić information content (AvgIpc) is 2.94. The van der Waals surface area contributed by atoms with E-state index in [0.29, 0.717) is 17.9 Å². The fraction of sp³-hybridized carbons (Fsp3) is 0.194. The van der Waals surface area contributed by atoms with Crippen molar-refractivity contribution < 1.29 is 17.9 Å². The highest BCUT2D eigenvalue weighted by Crippen LogP contribution is 2.24. The lowest BCUT2D eigenvalue weighted by molar-refractivity contribution is -0.123. The lowest BCUT2D eigenvalue weighted by atomic mass is 9.97. The first-order chi connectivity index (χ1) is 18.4. The van der Waals surface area contributed by atoms with Crippen LogP contribution >= 0.6 is 0 Å². The molecule has 196 valence electrons. The van der Waals surface area contributed by atoms with Crippen molar-refractivity contribution in [2.24, 2.45) is 0 Å². The third-order valence-corrected chi connectivity index (χ3v) is 7.67. The van der Waals surface area contributed by atoms with E-state index in [2.05, 4.69) is 10.0 Å². The molecule has 0 heterocycles. The van der Waals surface area contributed by atoms with Crippen LogP contribution in [0, 0.1) is 6.92 Å². The van der Waals surface area contributed by atoms with Gasteiger partial charge < -0.3 is 10.1 Å². The number of carbonyl (C=O) groups excluding carboxylic acids is 1. The fourth-order valence-corrected chi connectivity index (χ4v) is 5.57. The van der Waals surface area contributed by atoms with Crippen molar-refractivity contribution in [1.29, 1.82) is 0 Å². The number of benzene rings is 4. The maximum atomic E-state index is 13.8. The molecule has 0 aliphatic rings. The smallest absolute Gasteiger partial charge is 0.241 e. The number of rotatable bonds is 11. The van der Waals surface area contributed by atoms with Crippen molar-refractivity contribution >= 4 is 15.9 Å². The predicted molar refractivity (Wildman–Crippen MR) is 149 cm³/mol. The summed E-state index contributed by atoms with van der Waals surface area (Å²) in [5.41, 5.74) is 3.34. The number of aryl methyl sites for hydroxylation is 1. The Balaban J connectivity index is 1.65. The standard InChI is InChI=1S/C31H32N2O4S/c1-3-37-29-20-19-27(21-23(29)2)38(35,36)33-28(22-24-13-7-4-8-14-24)31(34)32-30(25-15-9-5-10-16-25)26-17-11-6-12-18-26/h4-21,28,30,33H,3,22H2,1-2H3,(H,32,34). The minimum atomic E-state index is -4.01. The molecule has 0 saturated heterocycles. The average molecular weight is 529 g/mol. The van der Waals surface area contributed by atoms with E-state index in [9.17, 15) is 13.2 Å².